The number of halogens is 1. The summed E-state index contributed by atoms with van der Waals surface area (Å²) in [5.74, 6) is -1.06. The van der Waals surface area contributed by atoms with Gasteiger partial charge in [-0.1, -0.05) is 44.2 Å². The van der Waals surface area contributed by atoms with E-state index in [0.717, 1.165) is 19.5 Å². The first-order chi connectivity index (χ1) is 13.5. The van der Waals surface area contributed by atoms with Gasteiger partial charge in [0.2, 0.25) is 5.91 Å². The minimum absolute atomic E-state index is 0.119. The molecule has 5 nitrogen and oxygen atoms in total. The molecule has 1 atom stereocenters. The molecule has 150 valence electrons. The van der Waals surface area contributed by atoms with Crippen LogP contribution in [-0.4, -0.2) is 48.9 Å². The molecule has 0 heterocycles. The maximum atomic E-state index is 12.9. The Morgan fingerprint density at radius 1 is 0.964 bits per heavy atom. The lowest BCUT2D eigenvalue weighted by Gasteiger charge is -2.30. The van der Waals surface area contributed by atoms with Crippen LogP contribution in [0.1, 0.15) is 29.8 Å². The van der Waals surface area contributed by atoms with Crippen molar-refractivity contribution in [3.8, 4) is 0 Å². The molecule has 2 aromatic carbocycles. The predicted octanol–water partition coefficient (Wildman–Crippen LogP) is 2.62. The van der Waals surface area contributed by atoms with E-state index in [1.54, 1.807) is 0 Å². The van der Waals surface area contributed by atoms with Crippen LogP contribution >= 0.6 is 0 Å². The smallest absolute Gasteiger partial charge is 0.251 e. The lowest BCUT2D eigenvalue weighted by Crippen LogP contribution is -2.47. The van der Waals surface area contributed by atoms with Crippen molar-refractivity contribution in [2.45, 2.75) is 26.3 Å². The van der Waals surface area contributed by atoms with Gasteiger partial charge in [-0.25, -0.2) is 4.39 Å². The van der Waals surface area contributed by atoms with Crippen molar-refractivity contribution in [2.24, 2.45) is 0 Å². The number of carbonyl (C=O) groups excluding carboxylic acids is 2. The van der Waals surface area contributed by atoms with Gasteiger partial charge < -0.3 is 10.6 Å². The first kappa shape index (κ1) is 21.6. The predicted molar refractivity (Wildman–Crippen MR) is 109 cm³/mol. The Morgan fingerprint density at radius 3 is 2.21 bits per heavy atom. The van der Waals surface area contributed by atoms with E-state index in [2.05, 4.69) is 41.5 Å². The molecule has 2 N–H and O–H groups in total. The SMILES string of the molecule is CCN(CC)C(CNC(=O)CNC(=O)c1ccc(F)cc1)Cc1ccccc1. The largest absolute Gasteiger partial charge is 0.353 e. The number of likely N-dealkylation sites (N-methyl/N-ethyl adjacent to an activating group) is 1. The fourth-order valence-corrected chi connectivity index (χ4v) is 3.11. The van der Waals surface area contributed by atoms with Gasteiger partial charge in [0.1, 0.15) is 5.82 Å². The molecule has 0 bridgehead atoms. The Morgan fingerprint density at radius 2 is 1.61 bits per heavy atom. The maximum Gasteiger partial charge on any atom is 0.251 e. The highest BCUT2D eigenvalue weighted by atomic mass is 19.1. The summed E-state index contributed by atoms with van der Waals surface area (Å²) in [6.45, 7) is 6.38. The number of benzene rings is 2. The van der Waals surface area contributed by atoms with E-state index in [-0.39, 0.29) is 18.5 Å². The third-order valence-electron chi connectivity index (χ3n) is 4.69. The van der Waals surface area contributed by atoms with Gasteiger partial charge in [-0.3, -0.25) is 14.5 Å². The number of nitrogens with one attached hydrogen (secondary N) is 2. The van der Waals surface area contributed by atoms with Gasteiger partial charge in [-0.05, 0) is 49.3 Å². The number of amides is 2. The summed E-state index contributed by atoms with van der Waals surface area (Å²) in [7, 11) is 0. The van der Waals surface area contributed by atoms with Crippen molar-refractivity contribution in [1.29, 1.82) is 0 Å². The lowest BCUT2D eigenvalue weighted by atomic mass is 10.0. The average Bonchev–Trinajstić information content (AvgIpc) is 2.72. The molecule has 2 amide bonds. The monoisotopic (exact) mass is 385 g/mol. The molecule has 0 aromatic heterocycles. The van der Waals surface area contributed by atoms with Crippen LogP contribution in [0, 0.1) is 5.82 Å². The number of nitrogens with zero attached hydrogens (tertiary/aromatic N) is 1. The zero-order chi connectivity index (χ0) is 20.4. The molecule has 0 aliphatic carbocycles. The second-order valence-electron chi connectivity index (χ2n) is 6.56. The third-order valence-corrected chi connectivity index (χ3v) is 4.69. The van der Waals surface area contributed by atoms with E-state index >= 15 is 0 Å². The highest BCUT2D eigenvalue weighted by Crippen LogP contribution is 2.08. The number of carbonyl (C=O) groups is 2. The Bertz CT molecular complexity index is 746. The van der Waals surface area contributed by atoms with Crippen molar-refractivity contribution < 1.29 is 14.0 Å². The summed E-state index contributed by atoms with van der Waals surface area (Å²) in [6, 6.07) is 15.6. The number of hydrogen-bond acceptors (Lipinski definition) is 3. The number of rotatable bonds is 10. The molecule has 6 heteroatoms. The summed E-state index contributed by atoms with van der Waals surface area (Å²) >= 11 is 0. The first-order valence-corrected chi connectivity index (χ1v) is 9.61. The van der Waals surface area contributed by atoms with Gasteiger partial charge in [-0.15, -0.1) is 0 Å². The van der Waals surface area contributed by atoms with Crippen LogP contribution in [0.15, 0.2) is 54.6 Å². The molecule has 0 radical (unpaired) electrons. The van der Waals surface area contributed by atoms with Gasteiger partial charge in [0.05, 0.1) is 6.54 Å². The molecule has 2 rings (SSSR count). The standard InChI is InChI=1S/C22H28FN3O2/c1-3-26(4-2)20(14-17-8-6-5-7-9-17)15-24-21(27)16-25-22(28)18-10-12-19(23)13-11-18/h5-13,20H,3-4,14-16H2,1-2H3,(H,24,27)(H,25,28). The zero-order valence-corrected chi connectivity index (χ0v) is 16.5. The van der Waals surface area contributed by atoms with Gasteiger partial charge >= 0.3 is 0 Å². The van der Waals surface area contributed by atoms with Crippen LogP contribution in [-0.2, 0) is 11.2 Å². The molecule has 0 spiro atoms. The van der Waals surface area contributed by atoms with Crippen molar-refractivity contribution in [3.05, 3.63) is 71.5 Å². The second-order valence-corrected chi connectivity index (χ2v) is 6.56. The maximum absolute atomic E-state index is 12.9. The Labute approximate surface area is 165 Å². The topological polar surface area (TPSA) is 61.4 Å². The molecule has 0 aliphatic heterocycles. The molecule has 0 aliphatic rings. The zero-order valence-electron chi connectivity index (χ0n) is 16.5. The molecule has 1 unspecified atom stereocenters. The van der Waals surface area contributed by atoms with Crippen molar-refractivity contribution in [2.75, 3.05) is 26.2 Å². The molecule has 28 heavy (non-hydrogen) atoms. The van der Waals surface area contributed by atoms with Crippen LogP contribution in [0.4, 0.5) is 4.39 Å². The van der Waals surface area contributed by atoms with Crippen molar-refractivity contribution in [3.63, 3.8) is 0 Å². The van der Waals surface area contributed by atoms with E-state index < -0.39 is 11.7 Å². The highest BCUT2D eigenvalue weighted by Gasteiger charge is 2.17. The Hall–Kier alpha value is -2.73. The minimum Gasteiger partial charge on any atom is -0.353 e. The van der Waals surface area contributed by atoms with Crippen LogP contribution in [0.3, 0.4) is 0 Å². The quantitative estimate of drug-likeness (QED) is 0.661. The normalized spacial score (nSPS) is 11.9. The molecular weight excluding hydrogens is 357 g/mol. The Kier molecular flexibility index (Phi) is 8.62. The minimum atomic E-state index is -0.407. The number of hydrogen-bond donors (Lipinski definition) is 2. The fourth-order valence-electron chi connectivity index (χ4n) is 3.11. The summed E-state index contributed by atoms with van der Waals surface area (Å²) in [4.78, 5) is 26.5. The second kappa shape index (κ2) is 11.2. The van der Waals surface area contributed by atoms with Crippen LogP contribution in [0.5, 0.6) is 0 Å². The van der Waals surface area contributed by atoms with Crippen molar-refractivity contribution in [1.82, 2.24) is 15.5 Å². The van der Waals surface area contributed by atoms with Gasteiger partial charge in [0.25, 0.3) is 5.91 Å². The highest BCUT2D eigenvalue weighted by molar-refractivity contribution is 5.96. The van der Waals surface area contributed by atoms with E-state index in [0.29, 0.717) is 12.1 Å². The molecule has 0 fully saturated rings. The van der Waals surface area contributed by atoms with Gasteiger partial charge in [0.15, 0.2) is 0 Å². The van der Waals surface area contributed by atoms with Gasteiger partial charge in [0, 0.05) is 18.2 Å². The van der Waals surface area contributed by atoms with E-state index in [1.165, 1.54) is 29.8 Å². The Balaban J connectivity index is 1.86. The third kappa shape index (κ3) is 6.78. The molecule has 2 aromatic rings. The van der Waals surface area contributed by atoms with E-state index in [4.69, 9.17) is 0 Å². The molecule has 0 saturated carbocycles. The van der Waals surface area contributed by atoms with E-state index in [9.17, 15) is 14.0 Å². The average molecular weight is 385 g/mol. The summed E-state index contributed by atoms with van der Waals surface area (Å²) in [5.41, 5.74) is 1.54. The fraction of sp³-hybridized carbons (Fsp3) is 0.364. The molecule has 0 saturated heterocycles. The summed E-state index contributed by atoms with van der Waals surface area (Å²) in [6.07, 6.45) is 0.838. The lowest BCUT2D eigenvalue weighted by molar-refractivity contribution is -0.120. The summed E-state index contributed by atoms with van der Waals surface area (Å²) in [5, 5.41) is 5.47. The van der Waals surface area contributed by atoms with E-state index in [1.807, 2.05) is 18.2 Å². The summed E-state index contributed by atoms with van der Waals surface area (Å²) < 4.78 is 12.9. The van der Waals surface area contributed by atoms with Crippen LogP contribution < -0.4 is 10.6 Å². The van der Waals surface area contributed by atoms with Crippen molar-refractivity contribution >= 4 is 11.8 Å². The van der Waals surface area contributed by atoms with Crippen LogP contribution in [0.2, 0.25) is 0 Å². The van der Waals surface area contributed by atoms with Gasteiger partial charge in [-0.2, -0.15) is 0 Å². The van der Waals surface area contributed by atoms with Crippen LogP contribution in [0.25, 0.3) is 0 Å². The molecular formula is C22H28FN3O2. The first-order valence-electron chi connectivity index (χ1n) is 9.61.